The molecule has 7 nitrogen and oxygen atoms in total. The third kappa shape index (κ3) is 5.24. The second-order valence-electron chi connectivity index (χ2n) is 4.70. The summed E-state index contributed by atoms with van der Waals surface area (Å²) in [6.07, 6.45) is 1.18. The molecule has 1 aromatic rings. The molecule has 2 N–H and O–H groups in total. The van der Waals surface area contributed by atoms with Crippen LogP contribution in [0.3, 0.4) is 0 Å². The van der Waals surface area contributed by atoms with Gasteiger partial charge in [-0.05, 0) is 30.9 Å². The van der Waals surface area contributed by atoms with E-state index < -0.39 is 25.5 Å². The zero-order valence-electron chi connectivity index (χ0n) is 11.5. The molecule has 0 fully saturated rings. The fourth-order valence-electron chi connectivity index (χ4n) is 1.69. The molecule has 0 aliphatic heterocycles. The minimum Gasteiger partial charge on any atom is -0.396 e. The molecule has 0 aromatic heterocycles. The molecule has 0 saturated carbocycles. The number of aliphatic hydroxyl groups is 1. The standard InChI is InChI=1S/C12H17ClN2O5S/c1-9(8-16)3-2-6-14-21(19,20)12-5-4-10(13)7-11(12)15(17)18/h4-5,7,9,14,16H,2-3,6,8H2,1H3. The number of nitro benzene ring substituents is 1. The highest BCUT2D eigenvalue weighted by Crippen LogP contribution is 2.26. The Morgan fingerprint density at radius 1 is 1.48 bits per heavy atom. The van der Waals surface area contributed by atoms with Crippen molar-refractivity contribution in [3.63, 3.8) is 0 Å². The van der Waals surface area contributed by atoms with Gasteiger partial charge in [0.25, 0.3) is 5.69 Å². The Labute approximate surface area is 128 Å². The van der Waals surface area contributed by atoms with Gasteiger partial charge in [0, 0.05) is 24.2 Å². The lowest BCUT2D eigenvalue weighted by Gasteiger charge is -2.09. The van der Waals surface area contributed by atoms with Crippen LogP contribution in [0.1, 0.15) is 19.8 Å². The van der Waals surface area contributed by atoms with Crippen LogP contribution < -0.4 is 4.72 Å². The van der Waals surface area contributed by atoms with Gasteiger partial charge >= 0.3 is 0 Å². The van der Waals surface area contributed by atoms with E-state index in [1.54, 1.807) is 0 Å². The molecule has 9 heteroatoms. The SMILES string of the molecule is CC(CO)CCCNS(=O)(=O)c1ccc(Cl)cc1[N+](=O)[O-]. The lowest BCUT2D eigenvalue weighted by Crippen LogP contribution is -2.26. The Morgan fingerprint density at radius 3 is 2.71 bits per heavy atom. The number of benzene rings is 1. The lowest BCUT2D eigenvalue weighted by molar-refractivity contribution is -0.387. The first kappa shape index (κ1) is 17.8. The van der Waals surface area contributed by atoms with E-state index in [2.05, 4.69) is 4.72 Å². The van der Waals surface area contributed by atoms with Crippen molar-refractivity contribution in [3.05, 3.63) is 33.3 Å². The van der Waals surface area contributed by atoms with E-state index in [1.165, 1.54) is 6.07 Å². The van der Waals surface area contributed by atoms with E-state index in [1.807, 2.05) is 6.92 Å². The van der Waals surface area contributed by atoms with Gasteiger partial charge in [0.05, 0.1) is 4.92 Å². The molecule has 1 unspecified atom stereocenters. The molecule has 0 aliphatic rings. The van der Waals surface area contributed by atoms with E-state index in [-0.39, 0.29) is 24.1 Å². The van der Waals surface area contributed by atoms with Crippen LogP contribution >= 0.6 is 11.6 Å². The third-order valence-corrected chi connectivity index (χ3v) is 4.63. The van der Waals surface area contributed by atoms with Crippen molar-refractivity contribution in [1.82, 2.24) is 4.72 Å². The number of aliphatic hydroxyl groups excluding tert-OH is 1. The third-order valence-electron chi connectivity index (χ3n) is 2.88. The number of nitrogens with one attached hydrogen (secondary N) is 1. The fraction of sp³-hybridized carbons (Fsp3) is 0.500. The summed E-state index contributed by atoms with van der Waals surface area (Å²) in [6.45, 7) is 2.03. The number of hydrogen-bond acceptors (Lipinski definition) is 5. The number of halogens is 1. The Balaban J connectivity index is 2.81. The number of hydrogen-bond donors (Lipinski definition) is 2. The van der Waals surface area contributed by atoms with E-state index in [9.17, 15) is 18.5 Å². The van der Waals surface area contributed by atoms with Crippen LogP contribution in [0.4, 0.5) is 5.69 Å². The first-order chi connectivity index (χ1) is 9.77. The van der Waals surface area contributed by atoms with Crippen LogP contribution in [0.5, 0.6) is 0 Å². The Hall–Kier alpha value is -1.22. The minimum atomic E-state index is -3.97. The molecule has 0 spiro atoms. The first-order valence-corrected chi connectivity index (χ1v) is 8.18. The Morgan fingerprint density at radius 2 is 2.14 bits per heavy atom. The molecule has 0 radical (unpaired) electrons. The van der Waals surface area contributed by atoms with Crippen molar-refractivity contribution >= 4 is 27.3 Å². The van der Waals surface area contributed by atoms with E-state index in [4.69, 9.17) is 16.7 Å². The second-order valence-corrected chi connectivity index (χ2v) is 6.87. The van der Waals surface area contributed by atoms with Gasteiger partial charge in [0.2, 0.25) is 10.0 Å². The normalized spacial score (nSPS) is 13.1. The second kappa shape index (κ2) is 7.69. The quantitative estimate of drug-likeness (QED) is 0.428. The van der Waals surface area contributed by atoms with Gasteiger partial charge in [0.1, 0.15) is 0 Å². The number of rotatable bonds is 8. The summed E-state index contributed by atoms with van der Waals surface area (Å²) in [4.78, 5) is 9.71. The molecular weight excluding hydrogens is 320 g/mol. The van der Waals surface area contributed by atoms with Gasteiger partial charge in [-0.15, -0.1) is 0 Å². The maximum absolute atomic E-state index is 12.1. The van der Waals surface area contributed by atoms with Crippen molar-refractivity contribution in [3.8, 4) is 0 Å². The topological polar surface area (TPSA) is 110 Å². The zero-order chi connectivity index (χ0) is 16.0. The van der Waals surface area contributed by atoms with Crippen molar-refractivity contribution < 1.29 is 18.4 Å². The molecular formula is C12H17ClN2O5S. The maximum atomic E-state index is 12.1. The number of sulfonamides is 1. The van der Waals surface area contributed by atoms with Crippen molar-refractivity contribution in [2.75, 3.05) is 13.2 Å². The monoisotopic (exact) mass is 336 g/mol. The summed E-state index contributed by atoms with van der Waals surface area (Å²) < 4.78 is 26.5. The Bertz CT molecular complexity index is 606. The summed E-state index contributed by atoms with van der Waals surface area (Å²) in [5.41, 5.74) is -0.557. The van der Waals surface area contributed by atoms with Crippen LogP contribution in [0.15, 0.2) is 23.1 Å². The van der Waals surface area contributed by atoms with Gasteiger partial charge in [-0.25, -0.2) is 13.1 Å². The average molecular weight is 337 g/mol. The van der Waals surface area contributed by atoms with Crippen molar-refractivity contribution in [2.24, 2.45) is 5.92 Å². The molecule has 0 amide bonds. The van der Waals surface area contributed by atoms with Crippen molar-refractivity contribution in [2.45, 2.75) is 24.7 Å². The van der Waals surface area contributed by atoms with Gasteiger partial charge in [0.15, 0.2) is 4.90 Å². The van der Waals surface area contributed by atoms with E-state index in [0.717, 1.165) is 12.1 Å². The van der Waals surface area contributed by atoms with Gasteiger partial charge in [-0.1, -0.05) is 18.5 Å². The van der Waals surface area contributed by atoms with Crippen LogP contribution in [-0.2, 0) is 10.0 Å². The zero-order valence-corrected chi connectivity index (χ0v) is 13.0. The number of nitrogens with zero attached hydrogens (tertiary/aromatic N) is 1. The van der Waals surface area contributed by atoms with Crippen LogP contribution in [-0.4, -0.2) is 31.6 Å². The summed E-state index contributed by atoms with van der Waals surface area (Å²) in [5.74, 6) is 0.0828. The van der Waals surface area contributed by atoms with E-state index >= 15 is 0 Å². The highest BCUT2D eigenvalue weighted by molar-refractivity contribution is 7.89. The molecule has 118 valence electrons. The molecule has 1 atom stereocenters. The summed E-state index contributed by atoms with van der Waals surface area (Å²) in [7, 11) is -3.97. The fourth-order valence-corrected chi connectivity index (χ4v) is 3.08. The van der Waals surface area contributed by atoms with Gasteiger partial charge in [-0.2, -0.15) is 0 Å². The van der Waals surface area contributed by atoms with Gasteiger partial charge < -0.3 is 5.11 Å². The Kier molecular flexibility index (Phi) is 6.53. The largest absolute Gasteiger partial charge is 0.396 e. The molecule has 0 aliphatic carbocycles. The summed E-state index contributed by atoms with van der Waals surface area (Å²) in [6, 6.07) is 3.40. The minimum absolute atomic E-state index is 0.0371. The smallest absolute Gasteiger partial charge is 0.290 e. The lowest BCUT2D eigenvalue weighted by atomic mass is 10.1. The maximum Gasteiger partial charge on any atom is 0.290 e. The predicted molar refractivity (Wildman–Crippen MR) is 78.8 cm³/mol. The van der Waals surface area contributed by atoms with Crippen LogP contribution in [0.25, 0.3) is 0 Å². The van der Waals surface area contributed by atoms with Crippen LogP contribution in [0.2, 0.25) is 5.02 Å². The molecule has 0 saturated heterocycles. The molecule has 21 heavy (non-hydrogen) atoms. The molecule has 1 aromatic carbocycles. The molecule has 0 bridgehead atoms. The highest BCUT2D eigenvalue weighted by Gasteiger charge is 2.25. The summed E-state index contributed by atoms with van der Waals surface area (Å²) in [5, 5.41) is 19.9. The average Bonchev–Trinajstić information content (AvgIpc) is 2.42. The molecule has 1 rings (SSSR count). The predicted octanol–water partition coefficient (Wildman–Crippen LogP) is 1.94. The molecule has 0 heterocycles. The highest BCUT2D eigenvalue weighted by atomic mass is 35.5. The number of nitro groups is 1. The first-order valence-electron chi connectivity index (χ1n) is 6.32. The van der Waals surface area contributed by atoms with Gasteiger partial charge in [-0.3, -0.25) is 10.1 Å². The van der Waals surface area contributed by atoms with E-state index in [0.29, 0.717) is 12.8 Å². The van der Waals surface area contributed by atoms with Crippen LogP contribution in [0, 0.1) is 16.0 Å². The summed E-state index contributed by atoms with van der Waals surface area (Å²) >= 11 is 5.65. The van der Waals surface area contributed by atoms with Crippen molar-refractivity contribution in [1.29, 1.82) is 0 Å².